The van der Waals surface area contributed by atoms with E-state index in [2.05, 4.69) is 11.6 Å². The SMILES string of the molecule is C=CCOc1c(C=Nc2ccc(OC)cc2)cccc1OC. The van der Waals surface area contributed by atoms with Crippen LogP contribution in [-0.4, -0.2) is 27.0 Å². The Bertz CT molecular complexity index is 648. The Morgan fingerprint density at radius 1 is 1.05 bits per heavy atom. The highest BCUT2D eigenvalue weighted by Gasteiger charge is 2.08. The molecule has 0 spiro atoms. The van der Waals surface area contributed by atoms with Crippen molar-refractivity contribution in [2.24, 2.45) is 4.99 Å². The minimum Gasteiger partial charge on any atom is -0.497 e. The van der Waals surface area contributed by atoms with Crippen molar-refractivity contribution in [3.05, 3.63) is 60.7 Å². The fourth-order valence-corrected chi connectivity index (χ4v) is 1.90. The molecule has 2 aromatic rings. The number of para-hydroxylation sites is 1. The maximum atomic E-state index is 5.68. The third-order valence-corrected chi connectivity index (χ3v) is 3.00. The molecular formula is C18H19NO3. The van der Waals surface area contributed by atoms with Crippen LogP contribution >= 0.6 is 0 Å². The van der Waals surface area contributed by atoms with E-state index in [0.717, 1.165) is 17.0 Å². The summed E-state index contributed by atoms with van der Waals surface area (Å²) < 4.78 is 16.1. The number of ether oxygens (including phenoxy) is 3. The lowest BCUT2D eigenvalue weighted by Crippen LogP contribution is -1.99. The summed E-state index contributed by atoms with van der Waals surface area (Å²) in [5.41, 5.74) is 1.68. The quantitative estimate of drug-likeness (QED) is 0.572. The molecule has 0 aliphatic carbocycles. The molecule has 0 aliphatic heterocycles. The van der Waals surface area contributed by atoms with Gasteiger partial charge in [0, 0.05) is 11.8 Å². The van der Waals surface area contributed by atoms with Gasteiger partial charge in [-0.1, -0.05) is 18.7 Å². The maximum absolute atomic E-state index is 5.68. The maximum Gasteiger partial charge on any atom is 0.170 e. The summed E-state index contributed by atoms with van der Waals surface area (Å²) in [5, 5.41) is 0. The van der Waals surface area contributed by atoms with Gasteiger partial charge in [0.25, 0.3) is 0 Å². The molecule has 0 heterocycles. The second kappa shape index (κ2) is 7.88. The summed E-state index contributed by atoms with van der Waals surface area (Å²) in [6.45, 7) is 4.07. The molecule has 2 rings (SSSR count). The van der Waals surface area contributed by atoms with E-state index < -0.39 is 0 Å². The van der Waals surface area contributed by atoms with E-state index in [0.29, 0.717) is 18.1 Å². The number of rotatable bonds is 7. The van der Waals surface area contributed by atoms with E-state index in [-0.39, 0.29) is 0 Å². The third-order valence-electron chi connectivity index (χ3n) is 3.00. The van der Waals surface area contributed by atoms with Crippen LogP contribution in [0.5, 0.6) is 17.2 Å². The zero-order chi connectivity index (χ0) is 15.8. The topological polar surface area (TPSA) is 40.0 Å². The van der Waals surface area contributed by atoms with Gasteiger partial charge in [0.15, 0.2) is 11.5 Å². The van der Waals surface area contributed by atoms with Crippen LogP contribution in [0.3, 0.4) is 0 Å². The first-order valence-corrected chi connectivity index (χ1v) is 6.87. The van der Waals surface area contributed by atoms with E-state index in [1.54, 1.807) is 26.5 Å². The normalized spacial score (nSPS) is 10.5. The Kier molecular flexibility index (Phi) is 5.60. The molecule has 4 heteroatoms. The van der Waals surface area contributed by atoms with E-state index in [1.807, 2.05) is 42.5 Å². The molecule has 0 aromatic heterocycles. The standard InChI is InChI=1S/C18H19NO3/c1-4-12-22-18-14(6-5-7-17(18)21-3)13-19-15-8-10-16(20-2)11-9-15/h4-11,13H,1,12H2,2-3H3. The average Bonchev–Trinajstić information content (AvgIpc) is 2.58. The zero-order valence-corrected chi connectivity index (χ0v) is 12.8. The number of hydrogen-bond donors (Lipinski definition) is 0. The second-order valence-corrected chi connectivity index (χ2v) is 4.43. The molecule has 0 N–H and O–H groups in total. The Balaban J connectivity index is 2.26. The summed E-state index contributed by atoms with van der Waals surface area (Å²) in [6, 6.07) is 13.2. The van der Waals surface area contributed by atoms with Crippen LogP contribution in [0.15, 0.2) is 60.1 Å². The Labute approximate surface area is 130 Å². The average molecular weight is 297 g/mol. The molecule has 0 aliphatic rings. The second-order valence-electron chi connectivity index (χ2n) is 4.43. The molecule has 0 saturated heterocycles. The van der Waals surface area contributed by atoms with Crippen LogP contribution in [-0.2, 0) is 0 Å². The van der Waals surface area contributed by atoms with Crippen LogP contribution < -0.4 is 14.2 Å². The molecule has 0 bridgehead atoms. The number of methoxy groups -OCH3 is 2. The van der Waals surface area contributed by atoms with E-state index >= 15 is 0 Å². The molecule has 22 heavy (non-hydrogen) atoms. The number of nitrogens with zero attached hydrogens (tertiary/aromatic N) is 1. The molecular weight excluding hydrogens is 278 g/mol. The summed E-state index contributed by atoms with van der Waals surface area (Å²) in [7, 11) is 3.25. The number of benzene rings is 2. The van der Waals surface area contributed by atoms with Crippen molar-refractivity contribution in [1.82, 2.24) is 0 Å². The molecule has 0 unspecified atom stereocenters. The fraction of sp³-hybridized carbons (Fsp3) is 0.167. The Morgan fingerprint density at radius 3 is 2.45 bits per heavy atom. The van der Waals surface area contributed by atoms with Gasteiger partial charge < -0.3 is 14.2 Å². The molecule has 0 atom stereocenters. The van der Waals surface area contributed by atoms with Crippen molar-refractivity contribution in [1.29, 1.82) is 0 Å². The van der Waals surface area contributed by atoms with Crippen LogP contribution in [0, 0.1) is 0 Å². The monoisotopic (exact) mass is 297 g/mol. The summed E-state index contributed by atoms with van der Waals surface area (Å²) in [4.78, 5) is 4.45. The molecule has 2 aromatic carbocycles. The highest BCUT2D eigenvalue weighted by atomic mass is 16.5. The first kappa shape index (κ1) is 15.6. The smallest absolute Gasteiger partial charge is 0.170 e. The molecule has 0 saturated carbocycles. The molecule has 0 fully saturated rings. The minimum absolute atomic E-state index is 0.406. The van der Waals surface area contributed by atoms with Gasteiger partial charge >= 0.3 is 0 Å². The van der Waals surface area contributed by atoms with Crippen molar-refractivity contribution in [2.45, 2.75) is 0 Å². The molecule has 0 amide bonds. The van der Waals surface area contributed by atoms with Gasteiger partial charge in [0.05, 0.1) is 19.9 Å². The predicted octanol–water partition coefficient (Wildman–Crippen LogP) is 4.02. The Morgan fingerprint density at radius 2 is 1.82 bits per heavy atom. The lowest BCUT2D eigenvalue weighted by molar-refractivity contribution is 0.326. The van der Waals surface area contributed by atoms with E-state index in [1.165, 1.54) is 0 Å². The van der Waals surface area contributed by atoms with Gasteiger partial charge in [-0.05, 0) is 36.4 Å². The van der Waals surface area contributed by atoms with Gasteiger partial charge in [-0.15, -0.1) is 0 Å². The van der Waals surface area contributed by atoms with Gasteiger partial charge in [-0.25, -0.2) is 0 Å². The summed E-state index contributed by atoms with van der Waals surface area (Å²) >= 11 is 0. The van der Waals surface area contributed by atoms with E-state index in [4.69, 9.17) is 14.2 Å². The molecule has 0 radical (unpaired) electrons. The predicted molar refractivity (Wildman–Crippen MR) is 88.9 cm³/mol. The fourth-order valence-electron chi connectivity index (χ4n) is 1.90. The largest absolute Gasteiger partial charge is 0.497 e. The summed E-state index contributed by atoms with van der Waals surface area (Å²) in [5.74, 6) is 2.12. The van der Waals surface area contributed by atoms with Crippen LogP contribution in [0.2, 0.25) is 0 Å². The van der Waals surface area contributed by atoms with Gasteiger partial charge in [-0.2, -0.15) is 0 Å². The van der Waals surface area contributed by atoms with Crippen LogP contribution in [0.1, 0.15) is 5.56 Å². The van der Waals surface area contributed by atoms with Gasteiger partial charge in [0.2, 0.25) is 0 Å². The van der Waals surface area contributed by atoms with Crippen molar-refractivity contribution < 1.29 is 14.2 Å². The molecule has 4 nitrogen and oxygen atoms in total. The third kappa shape index (κ3) is 3.88. The lowest BCUT2D eigenvalue weighted by atomic mass is 10.2. The van der Waals surface area contributed by atoms with E-state index in [9.17, 15) is 0 Å². The zero-order valence-electron chi connectivity index (χ0n) is 12.8. The Hall–Kier alpha value is -2.75. The van der Waals surface area contributed by atoms with Gasteiger partial charge in [-0.3, -0.25) is 4.99 Å². The number of aliphatic imine (C=N–C) groups is 1. The lowest BCUT2D eigenvalue weighted by Gasteiger charge is -2.11. The first-order valence-electron chi connectivity index (χ1n) is 6.87. The molecule has 114 valence electrons. The highest BCUT2D eigenvalue weighted by Crippen LogP contribution is 2.30. The van der Waals surface area contributed by atoms with Gasteiger partial charge in [0.1, 0.15) is 12.4 Å². The van der Waals surface area contributed by atoms with Crippen molar-refractivity contribution in [3.63, 3.8) is 0 Å². The minimum atomic E-state index is 0.406. The summed E-state index contributed by atoms with van der Waals surface area (Å²) in [6.07, 6.45) is 3.44. The van der Waals surface area contributed by atoms with Crippen molar-refractivity contribution in [2.75, 3.05) is 20.8 Å². The van der Waals surface area contributed by atoms with Crippen molar-refractivity contribution in [3.8, 4) is 17.2 Å². The van der Waals surface area contributed by atoms with Crippen LogP contribution in [0.25, 0.3) is 0 Å². The highest BCUT2D eigenvalue weighted by molar-refractivity contribution is 5.86. The number of hydrogen-bond acceptors (Lipinski definition) is 4. The van der Waals surface area contributed by atoms with Crippen LogP contribution in [0.4, 0.5) is 5.69 Å². The van der Waals surface area contributed by atoms with Crippen molar-refractivity contribution >= 4 is 11.9 Å². The first-order chi connectivity index (χ1) is 10.8.